The normalized spacial score (nSPS) is 14.1. The molecule has 0 saturated carbocycles. The van der Waals surface area contributed by atoms with Gasteiger partial charge in [0.15, 0.2) is 0 Å². The fourth-order valence-electron chi connectivity index (χ4n) is 2.36. The maximum Gasteiger partial charge on any atom is 0.309 e. The van der Waals surface area contributed by atoms with E-state index in [1.807, 2.05) is 19.2 Å². The molecule has 1 aromatic carbocycles. The number of hydrogen-bond donors (Lipinski definition) is 2. The zero-order valence-electron chi connectivity index (χ0n) is 13.3. The first-order chi connectivity index (χ1) is 10.7. The van der Waals surface area contributed by atoms with Gasteiger partial charge in [0.05, 0.1) is 6.61 Å². The molecule has 0 saturated heterocycles. The van der Waals surface area contributed by atoms with Gasteiger partial charge in [-0.25, -0.2) is 4.98 Å². The number of hydrogen-bond acceptors (Lipinski definition) is 5. The van der Waals surface area contributed by atoms with Crippen LogP contribution in [0.25, 0.3) is 0 Å². The summed E-state index contributed by atoms with van der Waals surface area (Å²) < 4.78 is 5.44. The monoisotopic (exact) mass is 296 g/mol. The summed E-state index contributed by atoms with van der Waals surface area (Å²) in [6.45, 7) is 7.00. The van der Waals surface area contributed by atoms with E-state index in [0.29, 0.717) is 26.1 Å². The average molecular weight is 296 g/mol. The van der Waals surface area contributed by atoms with Gasteiger partial charge in [0.1, 0.15) is 5.82 Å². The number of aromatic nitrogens is 2. The van der Waals surface area contributed by atoms with Crippen molar-refractivity contribution in [2.75, 3.05) is 10.6 Å². The molecular weight excluding hydrogens is 275 g/mol. The lowest BCUT2D eigenvalue weighted by molar-refractivity contribution is 0.345. The Labute approximate surface area is 131 Å². The van der Waals surface area contributed by atoms with Gasteiger partial charge in [-0.15, -0.1) is 0 Å². The third kappa shape index (κ3) is 3.22. The molecule has 1 atom stereocenters. The molecule has 1 aliphatic rings. The van der Waals surface area contributed by atoms with E-state index < -0.39 is 0 Å². The maximum absolute atomic E-state index is 5.44. The Morgan fingerprint density at radius 3 is 3.09 bits per heavy atom. The molecule has 1 aromatic heterocycles. The standard InChI is InChI=1S/C16H21BN4O/c1-4-11(3)19-15-10(2)8-18-16(21-15)20-13-5-6-14-12(7-13)9-22-17-14/h5-8,11,17H,4,9H2,1-3H3,(H2,18,19,20,21). The van der Waals surface area contributed by atoms with Crippen molar-refractivity contribution in [3.05, 3.63) is 35.5 Å². The summed E-state index contributed by atoms with van der Waals surface area (Å²) in [5.41, 5.74) is 4.53. The van der Waals surface area contributed by atoms with Crippen LogP contribution in [0.3, 0.4) is 0 Å². The van der Waals surface area contributed by atoms with E-state index in [1.165, 1.54) is 11.0 Å². The number of rotatable bonds is 5. The van der Waals surface area contributed by atoms with E-state index in [0.717, 1.165) is 23.5 Å². The average Bonchev–Trinajstić information content (AvgIpc) is 2.98. The number of nitrogens with zero attached hydrogens (tertiary/aromatic N) is 2. The molecule has 2 aromatic rings. The van der Waals surface area contributed by atoms with Gasteiger partial charge in [-0.05, 0) is 43.4 Å². The van der Waals surface area contributed by atoms with Crippen LogP contribution in [0.1, 0.15) is 31.4 Å². The summed E-state index contributed by atoms with van der Waals surface area (Å²) in [5, 5.41) is 6.69. The molecule has 114 valence electrons. The van der Waals surface area contributed by atoms with Gasteiger partial charge in [0.2, 0.25) is 5.95 Å². The first-order valence-corrected chi connectivity index (χ1v) is 7.72. The second-order valence-electron chi connectivity index (χ2n) is 5.78. The third-order valence-electron chi connectivity index (χ3n) is 3.94. The van der Waals surface area contributed by atoms with Crippen molar-refractivity contribution < 1.29 is 4.65 Å². The van der Waals surface area contributed by atoms with Gasteiger partial charge in [0, 0.05) is 23.5 Å². The van der Waals surface area contributed by atoms with Gasteiger partial charge in [-0.3, -0.25) is 0 Å². The van der Waals surface area contributed by atoms with E-state index in [2.05, 4.69) is 46.6 Å². The van der Waals surface area contributed by atoms with Crippen molar-refractivity contribution in [1.29, 1.82) is 0 Å². The second kappa shape index (κ2) is 6.36. The second-order valence-corrected chi connectivity index (χ2v) is 5.78. The first kappa shape index (κ1) is 14.8. The highest BCUT2D eigenvalue weighted by Gasteiger charge is 2.13. The molecule has 0 aliphatic carbocycles. The van der Waals surface area contributed by atoms with Gasteiger partial charge in [-0.1, -0.05) is 13.0 Å². The van der Waals surface area contributed by atoms with Crippen LogP contribution in [0, 0.1) is 6.92 Å². The van der Waals surface area contributed by atoms with Gasteiger partial charge in [0.25, 0.3) is 0 Å². The number of anilines is 3. The topological polar surface area (TPSA) is 59.1 Å². The Kier molecular flexibility index (Phi) is 4.29. The van der Waals surface area contributed by atoms with Crippen LogP contribution in [0.15, 0.2) is 24.4 Å². The molecule has 0 fully saturated rings. The summed E-state index contributed by atoms with van der Waals surface area (Å²) in [6, 6.07) is 6.63. The number of aryl methyl sites for hydroxylation is 1. The smallest absolute Gasteiger partial charge is 0.309 e. The quantitative estimate of drug-likeness (QED) is 0.829. The van der Waals surface area contributed by atoms with Crippen LogP contribution in [-0.4, -0.2) is 23.5 Å². The van der Waals surface area contributed by atoms with E-state index >= 15 is 0 Å². The lowest BCUT2D eigenvalue weighted by Gasteiger charge is -2.15. The van der Waals surface area contributed by atoms with E-state index in [-0.39, 0.29) is 0 Å². The Balaban J connectivity index is 1.79. The molecule has 2 heterocycles. The lowest BCUT2D eigenvalue weighted by Crippen LogP contribution is -2.16. The molecule has 0 radical (unpaired) electrons. The summed E-state index contributed by atoms with van der Waals surface area (Å²) in [7, 11) is 0.708. The minimum absolute atomic E-state index is 0.388. The third-order valence-corrected chi connectivity index (χ3v) is 3.94. The number of benzene rings is 1. The molecular formula is C16H21BN4O. The molecule has 3 rings (SSSR count). The summed E-state index contributed by atoms with van der Waals surface area (Å²) >= 11 is 0. The van der Waals surface area contributed by atoms with Gasteiger partial charge in [-0.2, -0.15) is 4.98 Å². The Bertz CT molecular complexity index is 677. The first-order valence-electron chi connectivity index (χ1n) is 7.72. The Hall–Kier alpha value is -2.08. The zero-order chi connectivity index (χ0) is 15.5. The highest BCUT2D eigenvalue weighted by atomic mass is 16.4. The van der Waals surface area contributed by atoms with E-state index in [4.69, 9.17) is 4.65 Å². The molecule has 22 heavy (non-hydrogen) atoms. The minimum atomic E-state index is 0.388. The minimum Gasteiger partial charge on any atom is -0.430 e. The fourth-order valence-corrected chi connectivity index (χ4v) is 2.36. The SMILES string of the molecule is CCC(C)Nc1nc(Nc2ccc3c(c2)COB3)ncc1C. The summed E-state index contributed by atoms with van der Waals surface area (Å²) in [6.07, 6.45) is 2.90. The van der Waals surface area contributed by atoms with Crippen LogP contribution in [0.5, 0.6) is 0 Å². The van der Waals surface area contributed by atoms with Crippen molar-refractivity contribution in [2.24, 2.45) is 0 Å². The van der Waals surface area contributed by atoms with Gasteiger partial charge >= 0.3 is 7.48 Å². The molecule has 2 N–H and O–H groups in total. The van der Waals surface area contributed by atoms with Gasteiger partial charge < -0.3 is 15.3 Å². The Morgan fingerprint density at radius 2 is 2.27 bits per heavy atom. The molecule has 0 amide bonds. The van der Waals surface area contributed by atoms with Crippen molar-refractivity contribution in [3.8, 4) is 0 Å². The zero-order valence-corrected chi connectivity index (χ0v) is 13.3. The highest BCUT2D eigenvalue weighted by molar-refractivity contribution is 6.48. The number of nitrogens with one attached hydrogen (secondary N) is 2. The molecule has 6 heteroatoms. The Morgan fingerprint density at radius 1 is 1.41 bits per heavy atom. The van der Waals surface area contributed by atoms with E-state index in [1.54, 1.807) is 0 Å². The molecule has 0 bridgehead atoms. The van der Waals surface area contributed by atoms with Crippen molar-refractivity contribution in [3.63, 3.8) is 0 Å². The predicted octanol–water partition coefficient (Wildman–Crippen LogP) is 2.25. The molecule has 5 nitrogen and oxygen atoms in total. The van der Waals surface area contributed by atoms with Crippen LogP contribution in [0.4, 0.5) is 17.5 Å². The number of fused-ring (bicyclic) bond motifs is 1. The molecule has 1 aliphatic heterocycles. The molecule has 1 unspecified atom stereocenters. The summed E-state index contributed by atoms with van der Waals surface area (Å²) in [4.78, 5) is 8.95. The van der Waals surface area contributed by atoms with Crippen LogP contribution in [0.2, 0.25) is 0 Å². The van der Waals surface area contributed by atoms with Crippen molar-refractivity contribution >= 4 is 30.4 Å². The van der Waals surface area contributed by atoms with Crippen molar-refractivity contribution in [1.82, 2.24) is 9.97 Å². The van der Waals surface area contributed by atoms with Crippen LogP contribution >= 0.6 is 0 Å². The van der Waals surface area contributed by atoms with E-state index in [9.17, 15) is 0 Å². The van der Waals surface area contributed by atoms with Crippen molar-refractivity contribution in [2.45, 2.75) is 39.8 Å². The largest absolute Gasteiger partial charge is 0.430 e. The fraction of sp³-hybridized carbons (Fsp3) is 0.375. The summed E-state index contributed by atoms with van der Waals surface area (Å²) in [5.74, 6) is 1.49. The van der Waals surface area contributed by atoms with Crippen LogP contribution < -0.4 is 16.1 Å². The lowest BCUT2D eigenvalue weighted by atomic mass is 9.87. The maximum atomic E-state index is 5.44. The molecule has 0 spiro atoms. The highest BCUT2D eigenvalue weighted by Crippen LogP contribution is 2.19. The predicted molar refractivity (Wildman–Crippen MR) is 91.4 cm³/mol. The van der Waals surface area contributed by atoms with Crippen LogP contribution in [-0.2, 0) is 11.3 Å².